The first-order chi connectivity index (χ1) is 16.9. The van der Waals surface area contributed by atoms with Crippen molar-refractivity contribution in [3.8, 4) is 0 Å². The highest BCUT2D eigenvalue weighted by atomic mass is 32.1. The van der Waals surface area contributed by atoms with Crippen molar-refractivity contribution in [3.05, 3.63) is 64.7 Å². The number of aromatic nitrogens is 2. The Morgan fingerprint density at radius 2 is 1.86 bits per heavy atom. The highest BCUT2D eigenvalue weighted by Crippen LogP contribution is 2.34. The van der Waals surface area contributed by atoms with Crippen molar-refractivity contribution in [2.45, 2.75) is 46.0 Å². The van der Waals surface area contributed by atoms with Gasteiger partial charge in [0.05, 0.1) is 0 Å². The Hall–Kier alpha value is -3.59. The lowest BCUT2D eigenvalue weighted by Gasteiger charge is -2.16. The number of hydrogen-bond acceptors (Lipinski definition) is 6. The molecule has 1 fully saturated rings. The Morgan fingerprint density at radius 1 is 1.09 bits per heavy atom. The van der Waals surface area contributed by atoms with Gasteiger partial charge >= 0.3 is 0 Å². The fourth-order valence-corrected chi connectivity index (χ4v) is 5.01. The van der Waals surface area contributed by atoms with Crippen LogP contribution in [0.3, 0.4) is 0 Å². The molecule has 1 atom stereocenters. The van der Waals surface area contributed by atoms with Gasteiger partial charge in [0.25, 0.3) is 5.91 Å². The number of nitrogens with one attached hydrogen (secondary N) is 2. The molecule has 9 heteroatoms. The predicted molar refractivity (Wildman–Crippen MR) is 138 cm³/mol. The number of anilines is 3. The van der Waals surface area contributed by atoms with E-state index in [9.17, 15) is 14.4 Å². The van der Waals surface area contributed by atoms with Crippen molar-refractivity contribution in [1.29, 1.82) is 0 Å². The predicted octanol–water partition coefficient (Wildman–Crippen LogP) is 4.99. The SMILES string of the molecule is CCC(CC)C(=O)Nc1cccc(C(=O)Nc2nnc(C3CC(=O)N(c4cccc(C)c4)C3)s2)c1. The van der Waals surface area contributed by atoms with Gasteiger partial charge in [0, 0.05) is 41.7 Å². The van der Waals surface area contributed by atoms with E-state index in [2.05, 4.69) is 20.8 Å². The van der Waals surface area contributed by atoms with E-state index in [4.69, 9.17) is 0 Å². The Labute approximate surface area is 208 Å². The van der Waals surface area contributed by atoms with Crippen LogP contribution in [0.2, 0.25) is 0 Å². The number of carbonyl (C=O) groups is 3. The summed E-state index contributed by atoms with van der Waals surface area (Å²) in [5.41, 5.74) is 2.96. The van der Waals surface area contributed by atoms with Crippen LogP contribution in [-0.2, 0) is 9.59 Å². The second-order valence-corrected chi connectivity index (χ2v) is 9.74. The molecule has 0 aliphatic carbocycles. The molecule has 3 amide bonds. The van der Waals surface area contributed by atoms with Crippen molar-refractivity contribution in [3.63, 3.8) is 0 Å². The summed E-state index contributed by atoms with van der Waals surface area (Å²) in [7, 11) is 0. The zero-order valence-electron chi connectivity index (χ0n) is 20.1. The molecule has 2 N–H and O–H groups in total. The van der Waals surface area contributed by atoms with E-state index in [0.717, 1.165) is 29.1 Å². The summed E-state index contributed by atoms with van der Waals surface area (Å²) >= 11 is 1.28. The fraction of sp³-hybridized carbons (Fsp3) is 0.346. The van der Waals surface area contributed by atoms with Gasteiger partial charge in [-0.2, -0.15) is 0 Å². The van der Waals surface area contributed by atoms with Gasteiger partial charge in [-0.1, -0.05) is 43.4 Å². The van der Waals surface area contributed by atoms with Gasteiger partial charge < -0.3 is 10.2 Å². The molecule has 0 spiro atoms. The number of hydrogen-bond donors (Lipinski definition) is 2. The van der Waals surface area contributed by atoms with Gasteiger partial charge in [0.15, 0.2) is 0 Å². The molecule has 2 heterocycles. The molecule has 4 rings (SSSR count). The third-order valence-corrected chi connectivity index (χ3v) is 7.20. The van der Waals surface area contributed by atoms with Gasteiger partial charge in [0.2, 0.25) is 16.9 Å². The maximum absolute atomic E-state index is 12.8. The summed E-state index contributed by atoms with van der Waals surface area (Å²) in [5, 5.41) is 15.1. The van der Waals surface area contributed by atoms with Crippen LogP contribution < -0.4 is 15.5 Å². The van der Waals surface area contributed by atoms with E-state index in [1.54, 1.807) is 29.2 Å². The number of aryl methyl sites for hydroxylation is 1. The summed E-state index contributed by atoms with van der Waals surface area (Å²) in [4.78, 5) is 39.6. The monoisotopic (exact) mass is 491 g/mol. The van der Waals surface area contributed by atoms with E-state index in [-0.39, 0.29) is 29.6 Å². The summed E-state index contributed by atoms with van der Waals surface area (Å²) in [6.07, 6.45) is 1.88. The molecule has 0 bridgehead atoms. The van der Waals surface area contributed by atoms with Gasteiger partial charge in [-0.15, -0.1) is 10.2 Å². The van der Waals surface area contributed by atoms with Crippen molar-refractivity contribution in [1.82, 2.24) is 10.2 Å². The first-order valence-electron chi connectivity index (χ1n) is 11.8. The zero-order valence-corrected chi connectivity index (χ0v) is 20.9. The molecule has 1 saturated heterocycles. The molecule has 1 aliphatic rings. The number of nitrogens with zero attached hydrogens (tertiary/aromatic N) is 3. The van der Waals surface area contributed by atoms with Crippen LogP contribution in [0.25, 0.3) is 0 Å². The van der Waals surface area contributed by atoms with Gasteiger partial charge in [-0.25, -0.2) is 0 Å². The molecule has 35 heavy (non-hydrogen) atoms. The second-order valence-electron chi connectivity index (χ2n) is 8.73. The maximum atomic E-state index is 12.8. The van der Waals surface area contributed by atoms with Crippen molar-refractivity contribution in [2.75, 3.05) is 22.1 Å². The maximum Gasteiger partial charge on any atom is 0.257 e. The van der Waals surface area contributed by atoms with Gasteiger partial charge in [0.1, 0.15) is 5.01 Å². The summed E-state index contributed by atoms with van der Waals surface area (Å²) < 4.78 is 0. The van der Waals surface area contributed by atoms with E-state index < -0.39 is 0 Å². The number of amides is 3. The van der Waals surface area contributed by atoms with Crippen LogP contribution in [0.4, 0.5) is 16.5 Å². The van der Waals surface area contributed by atoms with E-state index in [1.165, 1.54) is 11.3 Å². The van der Waals surface area contributed by atoms with Crippen LogP contribution in [0, 0.1) is 12.8 Å². The molecule has 0 radical (unpaired) electrons. The molecular weight excluding hydrogens is 462 g/mol. The van der Waals surface area contributed by atoms with Crippen LogP contribution in [0.5, 0.6) is 0 Å². The molecule has 1 aromatic heterocycles. The normalized spacial score (nSPS) is 15.5. The lowest BCUT2D eigenvalue weighted by Crippen LogP contribution is -2.24. The quantitative estimate of drug-likeness (QED) is 0.462. The molecule has 3 aromatic rings. The number of benzene rings is 2. The fourth-order valence-electron chi connectivity index (χ4n) is 4.18. The van der Waals surface area contributed by atoms with Crippen LogP contribution in [0.15, 0.2) is 48.5 Å². The van der Waals surface area contributed by atoms with E-state index >= 15 is 0 Å². The highest BCUT2D eigenvalue weighted by Gasteiger charge is 2.34. The average molecular weight is 492 g/mol. The van der Waals surface area contributed by atoms with Crippen LogP contribution >= 0.6 is 11.3 Å². The molecule has 2 aromatic carbocycles. The molecule has 8 nitrogen and oxygen atoms in total. The van der Waals surface area contributed by atoms with E-state index in [1.807, 2.05) is 45.0 Å². The summed E-state index contributed by atoms with van der Waals surface area (Å²) in [5.74, 6) is -0.470. The number of carbonyl (C=O) groups excluding carboxylic acids is 3. The highest BCUT2D eigenvalue weighted by molar-refractivity contribution is 7.15. The average Bonchev–Trinajstić information content (AvgIpc) is 3.46. The Balaban J connectivity index is 1.40. The van der Waals surface area contributed by atoms with E-state index in [0.29, 0.717) is 29.3 Å². The van der Waals surface area contributed by atoms with Crippen LogP contribution in [-0.4, -0.2) is 34.5 Å². The van der Waals surface area contributed by atoms with Crippen LogP contribution in [0.1, 0.15) is 60.0 Å². The van der Waals surface area contributed by atoms with Crippen molar-refractivity contribution >= 4 is 45.6 Å². The lowest BCUT2D eigenvalue weighted by atomic mass is 10.0. The molecule has 1 unspecified atom stereocenters. The lowest BCUT2D eigenvalue weighted by molar-refractivity contribution is -0.120. The van der Waals surface area contributed by atoms with Crippen molar-refractivity contribution < 1.29 is 14.4 Å². The second kappa shape index (κ2) is 10.8. The molecular formula is C26H29N5O3S. The van der Waals surface area contributed by atoms with Gasteiger partial charge in [-0.3, -0.25) is 19.7 Å². The largest absolute Gasteiger partial charge is 0.326 e. The first kappa shape index (κ1) is 24.5. The molecule has 1 aliphatic heterocycles. The Morgan fingerprint density at radius 3 is 2.60 bits per heavy atom. The molecule has 0 saturated carbocycles. The minimum absolute atomic E-state index is 0.0489. The third-order valence-electron chi connectivity index (χ3n) is 6.20. The minimum atomic E-state index is -0.338. The smallest absolute Gasteiger partial charge is 0.257 e. The summed E-state index contributed by atoms with van der Waals surface area (Å²) in [6.45, 7) is 6.49. The minimum Gasteiger partial charge on any atom is -0.326 e. The third kappa shape index (κ3) is 5.74. The van der Waals surface area contributed by atoms with Gasteiger partial charge in [-0.05, 0) is 55.7 Å². The Kier molecular flexibility index (Phi) is 7.55. The van der Waals surface area contributed by atoms with Crippen molar-refractivity contribution in [2.24, 2.45) is 5.92 Å². The standard InChI is InChI=1S/C26H29N5O3S/c1-4-17(5-2)23(33)27-20-10-7-9-18(13-20)24(34)28-26-30-29-25(35-26)19-14-22(32)31(15-19)21-11-6-8-16(3)12-21/h6-13,17,19H,4-5,14-15H2,1-3H3,(H,27,33)(H,28,30,34). The summed E-state index contributed by atoms with van der Waals surface area (Å²) in [6, 6.07) is 14.7. The first-order valence-corrected chi connectivity index (χ1v) is 12.6. The zero-order chi connectivity index (χ0) is 24.9. The molecule has 182 valence electrons. The topological polar surface area (TPSA) is 104 Å². The Bertz CT molecular complexity index is 1240. The number of rotatable bonds is 8.